The molecule has 3 heteroatoms. The van der Waals surface area contributed by atoms with E-state index < -0.39 is 5.97 Å². The molecule has 15 heavy (non-hydrogen) atoms. The number of carbonyl (C=O) groups is 1. The van der Waals surface area contributed by atoms with E-state index in [1.807, 2.05) is 0 Å². The van der Waals surface area contributed by atoms with Gasteiger partial charge in [0.2, 0.25) is 0 Å². The summed E-state index contributed by atoms with van der Waals surface area (Å²) in [5, 5.41) is 11.0. The van der Waals surface area contributed by atoms with Gasteiger partial charge in [0.1, 0.15) is 0 Å². The van der Waals surface area contributed by atoms with Crippen molar-refractivity contribution in [2.24, 2.45) is 17.8 Å². The van der Waals surface area contributed by atoms with Crippen LogP contribution >= 0.6 is 11.3 Å². The van der Waals surface area contributed by atoms with Crippen molar-refractivity contribution in [3.05, 3.63) is 21.9 Å². The van der Waals surface area contributed by atoms with Crippen molar-refractivity contribution in [2.45, 2.75) is 26.7 Å². The zero-order valence-corrected chi connectivity index (χ0v) is 9.88. The van der Waals surface area contributed by atoms with Crippen LogP contribution in [-0.4, -0.2) is 11.1 Å². The lowest BCUT2D eigenvalue weighted by molar-refractivity contribution is -0.139. The number of hydrogen-bond donors (Lipinski definition) is 1. The highest BCUT2D eigenvalue weighted by Crippen LogP contribution is 2.45. The van der Waals surface area contributed by atoms with Crippen LogP contribution in [0.1, 0.15) is 23.8 Å². The molecular formula is C12H16O2S. The van der Waals surface area contributed by atoms with Crippen molar-refractivity contribution in [2.75, 3.05) is 0 Å². The van der Waals surface area contributed by atoms with Gasteiger partial charge < -0.3 is 5.11 Å². The van der Waals surface area contributed by atoms with Crippen molar-refractivity contribution in [3.8, 4) is 0 Å². The smallest absolute Gasteiger partial charge is 0.306 e. The Kier molecular flexibility index (Phi) is 2.83. The Balaban J connectivity index is 1.92. The molecule has 1 N–H and O–H groups in total. The summed E-state index contributed by atoms with van der Waals surface area (Å²) in [7, 11) is 0. The molecule has 0 bridgehead atoms. The van der Waals surface area contributed by atoms with Gasteiger partial charge in [-0.3, -0.25) is 4.79 Å². The minimum absolute atomic E-state index is 0.0692. The van der Waals surface area contributed by atoms with Crippen LogP contribution in [0.3, 0.4) is 0 Å². The summed E-state index contributed by atoms with van der Waals surface area (Å²) in [6, 6.07) is 2.13. The summed E-state index contributed by atoms with van der Waals surface area (Å²) in [6.45, 7) is 4.30. The molecule has 82 valence electrons. The molecule has 1 saturated carbocycles. The van der Waals surface area contributed by atoms with Crippen LogP contribution in [0.2, 0.25) is 0 Å². The predicted molar refractivity (Wildman–Crippen MR) is 61.2 cm³/mol. The highest BCUT2D eigenvalue weighted by molar-refractivity contribution is 7.10. The maximum absolute atomic E-state index is 10.7. The lowest BCUT2D eigenvalue weighted by Crippen LogP contribution is -2.07. The first-order valence-electron chi connectivity index (χ1n) is 5.35. The summed E-state index contributed by atoms with van der Waals surface area (Å²) in [5.74, 6) is 0.225. The third-order valence-corrected chi connectivity index (χ3v) is 4.41. The van der Waals surface area contributed by atoms with Gasteiger partial charge in [0.05, 0.1) is 5.92 Å². The molecule has 1 aliphatic rings. The SMILES string of the molecule is Cc1ccsc1CC(C)C1CC1C(=O)O. The second kappa shape index (κ2) is 3.97. The topological polar surface area (TPSA) is 37.3 Å². The van der Waals surface area contributed by atoms with E-state index in [-0.39, 0.29) is 5.92 Å². The molecule has 1 aromatic rings. The van der Waals surface area contributed by atoms with E-state index in [0.29, 0.717) is 11.8 Å². The van der Waals surface area contributed by atoms with Gasteiger partial charge in [-0.2, -0.15) is 0 Å². The Morgan fingerprint density at radius 3 is 2.93 bits per heavy atom. The van der Waals surface area contributed by atoms with Crippen LogP contribution in [0, 0.1) is 24.7 Å². The molecule has 1 aromatic heterocycles. The molecule has 1 heterocycles. The molecule has 3 unspecified atom stereocenters. The average Bonchev–Trinajstić information content (AvgIpc) is 2.88. The number of carboxylic acids is 1. The molecule has 0 spiro atoms. The highest BCUT2D eigenvalue weighted by atomic mass is 32.1. The molecule has 0 saturated heterocycles. The Morgan fingerprint density at radius 1 is 1.73 bits per heavy atom. The monoisotopic (exact) mass is 224 g/mol. The van der Waals surface area contributed by atoms with E-state index in [1.165, 1.54) is 10.4 Å². The molecule has 0 aromatic carbocycles. The first-order chi connectivity index (χ1) is 7.09. The molecule has 2 rings (SSSR count). The van der Waals surface area contributed by atoms with Crippen molar-refractivity contribution in [1.29, 1.82) is 0 Å². The fourth-order valence-corrected chi connectivity index (χ4v) is 3.23. The molecule has 1 aliphatic carbocycles. The quantitative estimate of drug-likeness (QED) is 0.853. The summed E-state index contributed by atoms with van der Waals surface area (Å²) in [6.07, 6.45) is 1.92. The number of rotatable bonds is 4. The van der Waals surface area contributed by atoms with Crippen LogP contribution in [0.15, 0.2) is 11.4 Å². The van der Waals surface area contributed by atoms with Gasteiger partial charge in [-0.15, -0.1) is 11.3 Å². The molecule has 3 atom stereocenters. The lowest BCUT2D eigenvalue weighted by Gasteiger charge is -2.09. The second-order valence-electron chi connectivity index (χ2n) is 4.55. The minimum atomic E-state index is -0.616. The van der Waals surface area contributed by atoms with E-state index in [1.54, 1.807) is 11.3 Å². The van der Waals surface area contributed by atoms with Crippen molar-refractivity contribution in [1.82, 2.24) is 0 Å². The molecule has 0 radical (unpaired) electrons. The number of hydrogen-bond acceptors (Lipinski definition) is 2. The van der Waals surface area contributed by atoms with Gasteiger partial charge in [-0.25, -0.2) is 0 Å². The van der Waals surface area contributed by atoms with Crippen molar-refractivity contribution >= 4 is 17.3 Å². The summed E-state index contributed by atoms with van der Waals surface area (Å²) < 4.78 is 0. The first-order valence-corrected chi connectivity index (χ1v) is 6.23. The summed E-state index contributed by atoms with van der Waals surface area (Å²) in [5.41, 5.74) is 1.35. The maximum Gasteiger partial charge on any atom is 0.306 e. The summed E-state index contributed by atoms with van der Waals surface area (Å²) >= 11 is 1.79. The van der Waals surface area contributed by atoms with E-state index in [0.717, 1.165) is 12.8 Å². The van der Waals surface area contributed by atoms with Gasteiger partial charge in [-0.05, 0) is 48.6 Å². The molecular weight excluding hydrogens is 208 g/mol. The lowest BCUT2D eigenvalue weighted by atomic mass is 9.98. The Morgan fingerprint density at radius 2 is 2.47 bits per heavy atom. The van der Waals surface area contributed by atoms with Gasteiger partial charge in [0.15, 0.2) is 0 Å². The van der Waals surface area contributed by atoms with Gasteiger partial charge in [0, 0.05) is 4.88 Å². The third-order valence-electron chi connectivity index (χ3n) is 3.36. The zero-order chi connectivity index (χ0) is 11.0. The number of aryl methyl sites for hydroxylation is 1. The summed E-state index contributed by atoms with van der Waals surface area (Å²) in [4.78, 5) is 12.2. The molecule has 0 amide bonds. The highest BCUT2D eigenvalue weighted by Gasteiger charge is 2.46. The number of thiophene rings is 1. The van der Waals surface area contributed by atoms with Crippen LogP contribution in [-0.2, 0) is 11.2 Å². The fraction of sp³-hybridized carbons (Fsp3) is 0.583. The van der Waals surface area contributed by atoms with Crippen LogP contribution in [0.4, 0.5) is 0 Å². The van der Waals surface area contributed by atoms with Gasteiger partial charge >= 0.3 is 5.97 Å². The Labute approximate surface area is 93.9 Å². The van der Waals surface area contributed by atoms with E-state index >= 15 is 0 Å². The van der Waals surface area contributed by atoms with Crippen LogP contribution in [0.25, 0.3) is 0 Å². The molecule has 1 fully saturated rings. The van der Waals surface area contributed by atoms with E-state index in [4.69, 9.17) is 5.11 Å². The normalized spacial score (nSPS) is 26.3. The number of aliphatic carboxylic acids is 1. The first kappa shape index (κ1) is 10.7. The van der Waals surface area contributed by atoms with Crippen LogP contribution in [0.5, 0.6) is 0 Å². The Bertz CT molecular complexity index is 369. The van der Waals surface area contributed by atoms with E-state index in [2.05, 4.69) is 25.3 Å². The van der Waals surface area contributed by atoms with Crippen molar-refractivity contribution in [3.63, 3.8) is 0 Å². The minimum Gasteiger partial charge on any atom is -0.481 e. The maximum atomic E-state index is 10.7. The standard InChI is InChI=1S/C12H16O2S/c1-7-3-4-15-11(7)5-8(2)9-6-10(9)12(13)14/h3-4,8-10H,5-6H2,1-2H3,(H,13,14). The molecule has 2 nitrogen and oxygen atoms in total. The Hall–Kier alpha value is -0.830. The van der Waals surface area contributed by atoms with Crippen molar-refractivity contribution < 1.29 is 9.90 Å². The third kappa shape index (κ3) is 2.23. The predicted octanol–water partition coefficient (Wildman–Crippen LogP) is 2.96. The fourth-order valence-electron chi connectivity index (χ4n) is 2.18. The van der Waals surface area contributed by atoms with Gasteiger partial charge in [0.25, 0.3) is 0 Å². The van der Waals surface area contributed by atoms with E-state index in [9.17, 15) is 4.79 Å². The van der Waals surface area contributed by atoms with Crippen LogP contribution < -0.4 is 0 Å². The molecule has 0 aliphatic heterocycles. The van der Waals surface area contributed by atoms with Gasteiger partial charge in [-0.1, -0.05) is 6.92 Å². The number of carboxylic acid groups (broad SMARTS) is 1. The zero-order valence-electron chi connectivity index (χ0n) is 9.06. The average molecular weight is 224 g/mol. The largest absolute Gasteiger partial charge is 0.481 e. The second-order valence-corrected chi connectivity index (χ2v) is 5.55.